The maximum atomic E-state index is 13.2. The van der Waals surface area contributed by atoms with Crippen molar-refractivity contribution in [2.24, 2.45) is 0 Å². The molecule has 0 aliphatic carbocycles. The number of ether oxygens (including phenoxy) is 1. The molecule has 1 aliphatic rings. The maximum Gasteiger partial charge on any atom is 0.358 e. The molecule has 4 rings (SSSR count). The van der Waals surface area contributed by atoms with E-state index in [1.54, 1.807) is 29.8 Å². The number of carbonyl (C=O) groups is 1. The summed E-state index contributed by atoms with van der Waals surface area (Å²) in [7, 11) is 0. The molecule has 1 aromatic carbocycles. The second kappa shape index (κ2) is 9.85. The number of halogens is 1. The lowest BCUT2D eigenvalue weighted by Crippen LogP contribution is -2.47. The molecule has 0 radical (unpaired) electrons. The minimum Gasteiger partial charge on any atom is -0.461 e. The monoisotopic (exact) mass is 483 g/mol. The van der Waals surface area contributed by atoms with Gasteiger partial charge < -0.3 is 14.5 Å². The summed E-state index contributed by atoms with van der Waals surface area (Å²) in [5.41, 5.74) is 1.17. The van der Waals surface area contributed by atoms with Gasteiger partial charge >= 0.3 is 11.7 Å². The second-order valence-electron chi connectivity index (χ2n) is 9.39. The predicted octanol–water partition coefficient (Wildman–Crippen LogP) is 2.28. The van der Waals surface area contributed by atoms with E-state index in [-0.39, 0.29) is 30.2 Å². The molecule has 2 aromatic heterocycles. The summed E-state index contributed by atoms with van der Waals surface area (Å²) in [6.07, 6.45) is 1.45. The quantitative estimate of drug-likeness (QED) is 0.493. The molecule has 0 amide bonds. The molecule has 1 aliphatic heterocycles. The van der Waals surface area contributed by atoms with Crippen LogP contribution in [0.2, 0.25) is 0 Å². The SMILES string of the molecule is CCOC(=O)c1cc(C(C)(C)C)n(Cn2cnc(N3CCN(c4ccc(F)cc4)CC3)nc2=O)n1. The van der Waals surface area contributed by atoms with Gasteiger partial charge in [0.2, 0.25) is 5.95 Å². The summed E-state index contributed by atoms with van der Waals surface area (Å²) in [4.78, 5) is 37.7. The van der Waals surface area contributed by atoms with Crippen molar-refractivity contribution in [1.82, 2.24) is 24.3 Å². The number of piperazine rings is 1. The van der Waals surface area contributed by atoms with Crippen LogP contribution in [0.5, 0.6) is 0 Å². The predicted molar refractivity (Wildman–Crippen MR) is 129 cm³/mol. The Hall–Kier alpha value is -3.76. The van der Waals surface area contributed by atoms with Crippen LogP contribution in [0.25, 0.3) is 0 Å². The van der Waals surface area contributed by atoms with Gasteiger partial charge in [0.15, 0.2) is 5.69 Å². The lowest BCUT2D eigenvalue weighted by atomic mass is 9.92. The minimum absolute atomic E-state index is 0.0729. The van der Waals surface area contributed by atoms with Crippen molar-refractivity contribution >= 4 is 17.6 Å². The maximum absolute atomic E-state index is 13.2. The average molecular weight is 484 g/mol. The first-order valence-electron chi connectivity index (χ1n) is 11.6. The zero-order valence-electron chi connectivity index (χ0n) is 20.4. The fourth-order valence-electron chi connectivity index (χ4n) is 3.99. The number of rotatable bonds is 6. The summed E-state index contributed by atoms with van der Waals surface area (Å²) in [6.45, 7) is 10.8. The third-order valence-electron chi connectivity index (χ3n) is 5.83. The molecule has 0 N–H and O–H groups in total. The molecule has 35 heavy (non-hydrogen) atoms. The zero-order valence-corrected chi connectivity index (χ0v) is 20.4. The van der Waals surface area contributed by atoms with E-state index in [0.717, 1.165) is 11.4 Å². The van der Waals surface area contributed by atoms with E-state index in [1.807, 2.05) is 25.7 Å². The van der Waals surface area contributed by atoms with Crippen LogP contribution < -0.4 is 15.5 Å². The summed E-state index contributed by atoms with van der Waals surface area (Å²) >= 11 is 0. The molecule has 0 unspecified atom stereocenters. The third-order valence-corrected chi connectivity index (χ3v) is 5.83. The normalized spacial score (nSPS) is 14.3. The van der Waals surface area contributed by atoms with Gasteiger partial charge in [-0.25, -0.2) is 23.6 Å². The van der Waals surface area contributed by atoms with Crippen LogP contribution >= 0.6 is 0 Å². The number of hydrogen-bond donors (Lipinski definition) is 0. The van der Waals surface area contributed by atoms with Crippen molar-refractivity contribution in [3.05, 3.63) is 64.3 Å². The molecule has 3 heterocycles. The first-order valence-corrected chi connectivity index (χ1v) is 11.6. The standard InChI is InChI=1S/C24H30FN7O3/c1-5-35-21(33)19-14-20(24(2,3)4)32(28-19)16-31-15-26-22(27-23(31)34)30-12-10-29(11-13-30)18-8-6-17(25)7-9-18/h6-9,14-15H,5,10-13,16H2,1-4H3. The molecular weight excluding hydrogens is 453 g/mol. The van der Waals surface area contributed by atoms with Crippen LogP contribution in [0.3, 0.4) is 0 Å². The number of nitrogens with zero attached hydrogens (tertiary/aromatic N) is 7. The highest BCUT2D eigenvalue weighted by molar-refractivity contribution is 5.87. The highest BCUT2D eigenvalue weighted by Gasteiger charge is 2.25. The minimum atomic E-state index is -0.504. The lowest BCUT2D eigenvalue weighted by molar-refractivity contribution is 0.0518. The van der Waals surface area contributed by atoms with Gasteiger partial charge in [0.1, 0.15) is 18.8 Å². The van der Waals surface area contributed by atoms with Gasteiger partial charge in [0.05, 0.1) is 6.61 Å². The van der Waals surface area contributed by atoms with E-state index in [2.05, 4.69) is 20.0 Å². The average Bonchev–Trinajstić information content (AvgIpc) is 3.26. The molecule has 3 aromatic rings. The van der Waals surface area contributed by atoms with Gasteiger partial charge in [0.25, 0.3) is 0 Å². The Kier molecular flexibility index (Phi) is 6.86. The Labute approximate surface area is 203 Å². The van der Waals surface area contributed by atoms with Crippen molar-refractivity contribution in [2.45, 2.75) is 39.8 Å². The Balaban J connectivity index is 1.48. The van der Waals surface area contributed by atoms with Crippen molar-refractivity contribution in [1.29, 1.82) is 0 Å². The third kappa shape index (κ3) is 5.50. The first-order chi connectivity index (χ1) is 16.7. The molecule has 11 heteroatoms. The van der Waals surface area contributed by atoms with E-state index in [4.69, 9.17) is 4.74 Å². The van der Waals surface area contributed by atoms with Gasteiger partial charge in [-0.05, 0) is 37.3 Å². The van der Waals surface area contributed by atoms with Gasteiger partial charge in [-0.1, -0.05) is 20.8 Å². The number of esters is 1. The van der Waals surface area contributed by atoms with Crippen molar-refractivity contribution in [2.75, 3.05) is 42.6 Å². The van der Waals surface area contributed by atoms with Gasteiger partial charge in [-0.15, -0.1) is 0 Å². The molecular formula is C24H30FN7O3. The Morgan fingerprint density at radius 1 is 1.09 bits per heavy atom. The number of aromatic nitrogens is 5. The van der Waals surface area contributed by atoms with Crippen LogP contribution in [-0.2, 0) is 16.8 Å². The molecule has 10 nitrogen and oxygen atoms in total. The van der Waals surface area contributed by atoms with Crippen LogP contribution in [0, 0.1) is 5.82 Å². The van der Waals surface area contributed by atoms with Crippen molar-refractivity contribution < 1.29 is 13.9 Å². The molecule has 186 valence electrons. The molecule has 1 saturated heterocycles. The number of hydrogen-bond acceptors (Lipinski definition) is 8. The summed E-state index contributed by atoms with van der Waals surface area (Å²) in [6, 6.07) is 8.11. The zero-order chi connectivity index (χ0) is 25.2. The molecule has 0 atom stereocenters. The number of benzene rings is 1. The van der Waals surface area contributed by atoms with Gasteiger partial charge in [-0.2, -0.15) is 10.1 Å². The smallest absolute Gasteiger partial charge is 0.358 e. The van der Waals surface area contributed by atoms with Crippen LogP contribution in [0.1, 0.15) is 43.9 Å². The Morgan fingerprint density at radius 2 is 1.74 bits per heavy atom. The van der Waals surface area contributed by atoms with Gasteiger partial charge in [-0.3, -0.25) is 4.57 Å². The Morgan fingerprint density at radius 3 is 2.34 bits per heavy atom. The molecule has 0 saturated carbocycles. The summed E-state index contributed by atoms with van der Waals surface area (Å²) in [5, 5.41) is 4.37. The first kappa shape index (κ1) is 24.4. The lowest BCUT2D eigenvalue weighted by Gasteiger charge is -2.36. The van der Waals surface area contributed by atoms with Crippen LogP contribution in [0.4, 0.5) is 16.0 Å². The fraction of sp³-hybridized carbons (Fsp3) is 0.458. The molecule has 0 bridgehead atoms. The van der Waals surface area contributed by atoms with E-state index in [0.29, 0.717) is 32.1 Å². The largest absolute Gasteiger partial charge is 0.461 e. The molecule has 0 spiro atoms. The number of anilines is 2. The highest BCUT2D eigenvalue weighted by atomic mass is 19.1. The van der Waals surface area contributed by atoms with Gasteiger partial charge in [0, 0.05) is 43.0 Å². The number of carbonyl (C=O) groups excluding carboxylic acids is 1. The van der Waals surface area contributed by atoms with Crippen molar-refractivity contribution in [3.8, 4) is 0 Å². The van der Waals surface area contributed by atoms with E-state index < -0.39 is 11.7 Å². The highest BCUT2D eigenvalue weighted by Crippen LogP contribution is 2.24. The topological polar surface area (TPSA) is 98.4 Å². The second-order valence-corrected chi connectivity index (χ2v) is 9.39. The van der Waals surface area contributed by atoms with Crippen LogP contribution in [0.15, 0.2) is 41.5 Å². The summed E-state index contributed by atoms with van der Waals surface area (Å²) in [5.74, 6) is -0.396. The Bertz CT molecular complexity index is 1240. The van der Waals surface area contributed by atoms with E-state index >= 15 is 0 Å². The molecule has 1 fully saturated rings. The fourth-order valence-corrected chi connectivity index (χ4v) is 3.99. The van der Waals surface area contributed by atoms with E-state index in [1.165, 1.54) is 23.0 Å². The van der Waals surface area contributed by atoms with E-state index in [9.17, 15) is 14.0 Å². The van der Waals surface area contributed by atoms with Crippen molar-refractivity contribution in [3.63, 3.8) is 0 Å². The summed E-state index contributed by atoms with van der Waals surface area (Å²) < 4.78 is 21.2. The van der Waals surface area contributed by atoms with Crippen LogP contribution in [-0.4, -0.2) is 63.1 Å².